The Morgan fingerprint density at radius 1 is 0.486 bits per heavy atom. The summed E-state index contributed by atoms with van der Waals surface area (Å²) in [6, 6.07) is 31.3. The van der Waals surface area contributed by atoms with Crippen LogP contribution in [-0.4, -0.2) is 9.80 Å². The van der Waals surface area contributed by atoms with Crippen molar-refractivity contribution >= 4 is 21.5 Å². The quantitative estimate of drug-likeness (QED) is 0.299. The van der Waals surface area contributed by atoms with Crippen LogP contribution in [0.4, 0.5) is 0 Å². The molecule has 1 aliphatic rings. The molecular formula is C33H37N2. The maximum atomic E-state index is 2.42. The zero-order valence-corrected chi connectivity index (χ0v) is 21.9. The van der Waals surface area contributed by atoms with Crippen molar-refractivity contribution < 1.29 is 0 Å². The van der Waals surface area contributed by atoms with Crippen LogP contribution in [0.2, 0.25) is 0 Å². The summed E-state index contributed by atoms with van der Waals surface area (Å²) in [5.74, 6) is 0. The molecule has 2 heteroatoms. The molecular weight excluding hydrogens is 424 g/mol. The number of fused-ring (bicyclic) bond motifs is 2. The van der Waals surface area contributed by atoms with E-state index < -0.39 is 0 Å². The predicted molar refractivity (Wildman–Crippen MR) is 149 cm³/mol. The van der Waals surface area contributed by atoms with E-state index in [0.29, 0.717) is 0 Å². The minimum atomic E-state index is 0.0393. The summed E-state index contributed by atoms with van der Waals surface area (Å²) in [7, 11) is 0. The van der Waals surface area contributed by atoms with Crippen molar-refractivity contribution in [3.8, 4) is 0 Å². The molecule has 1 aliphatic heterocycles. The summed E-state index contributed by atoms with van der Waals surface area (Å²) in [5.41, 5.74) is 2.82. The molecule has 0 N–H and O–H groups in total. The maximum Gasteiger partial charge on any atom is 0.142 e. The highest BCUT2D eigenvalue weighted by Gasteiger charge is 2.39. The third-order valence-corrected chi connectivity index (χ3v) is 7.15. The molecule has 4 aromatic carbocycles. The first-order valence-corrected chi connectivity index (χ1v) is 12.7. The Labute approximate surface area is 210 Å². The van der Waals surface area contributed by atoms with Gasteiger partial charge in [0, 0.05) is 12.4 Å². The van der Waals surface area contributed by atoms with Gasteiger partial charge >= 0.3 is 0 Å². The van der Waals surface area contributed by atoms with E-state index >= 15 is 0 Å². The third kappa shape index (κ3) is 4.43. The molecule has 1 radical (unpaired) electrons. The molecule has 2 atom stereocenters. The second-order valence-electron chi connectivity index (χ2n) is 12.0. The second kappa shape index (κ2) is 8.75. The van der Waals surface area contributed by atoms with Crippen LogP contribution in [0, 0.1) is 17.5 Å². The van der Waals surface area contributed by atoms with Gasteiger partial charge in [0.1, 0.15) is 6.67 Å². The molecule has 0 unspecified atom stereocenters. The average molecular weight is 462 g/mol. The van der Waals surface area contributed by atoms with E-state index in [-0.39, 0.29) is 22.9 Å². The van der Waals surface area contributed by atoms with Crippen molar-refractivity contribution in [2.24, 2.45) is 10.8 Å². The van der Waals surface area contributed by atoms with Crippen molar-refractivity contribution in [2.75, 3.05) is 0 Å². The molecule has 0 saturated carbocycles. The Morgan fingerprint density at radius 2 is 0.857 bits per heavy atom. The lowest BCUT2D eigenvalue weighted by Crippen LogP contribution is -2.36. The molecule has 0 bridgehead atoms. The Bertz CT molecular complexity index is 1250. The van der Waals surface area contributed by atoms with Gasteiger partial charge in [-0.3, -0.25) is 0 Å². The molecule has 0 aromatic heterocycles. The number of benzene rings is 4. The molecule has 35 heavy (non-hydrogen) atoms. The van der Waals surface area contributed by atoms with Crippen LogP contribution in [-0.2, 0) is 0 Å². The smallest absolute Gasteiger partial charge is 0.142 e. The minimum absolute atomic E-state index is 0.0393. The Morgan fingerprint density at radius 3 is 1.26 bits per heavy atom. The Hall–Kier alpha value is -3.26. The molecule has 0 amide bonds. The first kappa shape index (κ1) is 23.5. The molecule has 5 rings (SSSR count). The minimum Gasteiger partial charge on any atom is -0.345 e. The molecule has 179 valence electrons. The molecule has 0 saturated heterocycles. The monoisotopic (exact) mass is 461 g/mol. The van der Waals surface area contributed by atoms with Gasteiger partial charge in [-0.2, -0.15) is 0 Å². The van der Waals surface area contributed by atoms with Gasteiger partial charge in [0.2, 0.25) is 0 Å². The highest BCUT2D eigenvalue weighted by atomic mass is 15.4. The van der Waals surface area contributed by atoms with Gasteiger partial charge in [-0.25, -0.2) is 0 Å². The highest BCUT2D eigenvalue weighted by molar-refractivity contribution is 5.87. The predicted octanol–water partition coefficient (Wildman–Crippen LogP) is 9.08. The van der Waals surface area contributed by atoms with Crippen LogP contribution >= 0.6 is 0 Å². The van der Waals surface area contributed by atoms with Crippen molar-refractivity contribution in [3.63, 3.8) is 0 Å². The van der Waals surface area contributed by atoms with Crippen LogP contribution < -0.4 is 0 Å². The van der Waals surface area contributed by atoms with Gasteiger partial charge in [-0.05, 0) is 43.5 Å². The Kier molecular flexibility index (Phi) is 5.87. The van der Waals surface area contributed by atoms with Crippen LogP contribution in [0.15, 0.2) is 97.3 Å². The average Bonchev–Trinajstić information content (AvgIpc) is 3.26. The van der Waals surface area contributed by atoms with Crippen molar-refractivity contribution in [3.05, 3.63) is 115 Å². The third-order valence-electron chi connectivity index (χ3n) is 7.15. The normalized spacial score (nSPS) is 16.3. The van der Waals surface area contributed by atoms with Crippen molar-refractivity contribution in [2.45, 2.75) is 53.6 Å². The van der Waals surface area contributed by atoms with Crippen LogP contribution in [0.1, 0.15) is 64.8 Å². The zero-order chi connectivity index (χ0) is 24.8. The molecule has 1 heterocycles. The van der Waals surface area contributed by atoms with Crippen LogP contribution in [0.3, 0.4) is 0 Å². The summed E-state index contributed by atoms with van der Waals surface area (Å²) in [6.07, 6.45) is 4.53. The summed E-state index contributed by atoms with van der Waals surface area (Å²) in [5, 5.41) is 5.25. The standard InChI is InChI=1S/C33H37N2/c1-32(2,3)30(28-19-11-15-24-13-7-9-17-26(24)28)34-21-22-35(23-34)31(33(4,5)6)29-20-12-16-25-14-8-10-18-27(25)29/h7-23,30-31H,1-6H3/t30-,31-/m1/s1. The fourth-order valence-corrected chi connectivity index (χ4v) is 5.82. The van der Waals surface area contributed by atoms with Gasteiger partial charge in [-0.1, -0.05) is 126 Å². The lowest BCUT2D eigenvalue weighted by molar-refractivity contribution is 0.117. The first-order valence-electron chi connectivity index (χ1n) is 12.7. The summed E-state index contributed by atoms with van der Waals surface area (Å²) < 4.78 is 0. The van der Waals surface area contributed by atoms with Gasteiger partial charge in [0.25, 0.3) is 0 Å². The van der Waals surface area contributed by atoms with E-state index in [1.54, 1.807) is 0 Å². The highest BCUT2D eigenvalue weighted by Crippen LogP contribution is 2.47. The molecule has 2 nitrogen and oxygen atoms in total. The fraction of sp³-hybridized carbons (Fsp3) is 0.303. The molecule has 0 aliphatic carbocycles. The Balaban J connectivity index is 1.55. The summed E-state index contributed by atoms with van der Waals surface area (Å²) in [4.78, 5) is 4.84. The largest absolute Gasteiger partial charge is 0.345 e. The maximum absolute atomic E-state index is 2.42. The number of nitrogens with zero attached hydrogens (tertiary/aromatic N) is 2. The van der Waals surface area contributed by atoms with E-state index in [4.69, 9.17) is 0 Å². The van der Waals surface area contributed by atoms with Gasteiger partial charge < -0.3 is 9.80 Å². The number of hydrogen-bond acceptors (Lipinski definition) is 2. The van der Waals surface area contributed by atoms with Crippen molar-refractivity contribution in [1.29, 1.82) is 0 Å². The van der Waals surface area contributed by atoms with E-state index in [1.165, 1.54) is 32.7 Å². The molecule has 0 fully saturated rings. The van der Waals surface area contributed by atoms with Gasteiger partial charge in [0.05, 0.1) is 12.1 Å². The topological polar surface area (TPSA) is 6.48 Å². The van der Waals surface area contributed by atoms with Gasteiger partial charge in [0.15, 0.2) is 0 Å². The zero-order valence-electron chi connectivity index (χ0n) is 21.9. The summed E-state index contributed by atoms with van der Waals surface area (Å²) in [6.45, 7) is 16.4. The molecule has 0 spiro atoms. The second-order valence-corrected chi connectivity index (χ2v) is 12.0. The van der Waals surface area contributed by atoms with Gasteiger partial charge in [-0.15, -0.1) is 0 Å². The number of hydrogen-bond donors (Lipinski definition) is 0. The summed E-state index contributed by atoms with van der Waals surface area (Å²) >= 11 is 0. The van der Waals surface area contributed by atoms with E-state index in [9.17, 15) is 0 Å². The van der Waals surface area contributed by atoms with Crippen molar-refractivity contribution in [1.82, 2.24) is 9.80 Å². The lowest BCUT2D eigenvalue weighted by Gasteiger charge is -2.42. The SMILES string of the molecule is CC(C)(C)[C@@H](c1cccc2ccccc12)N1[CH]N([C@H](c2cccc3ccccc23)C(C)(C)C)C=C1. The van der Waals surface area contributed by atoms with Crippen LogP contribution in [0.5, 0.6) is 0 Å². The fourth-order valence-electron chi connectivity index (χ4n) is 5.82. The lowest BCUT2D eigenvalue weighted by atomic mass is 9.79. The molecule has 4 aromatic rings. The van der Waals surface area contributed by atoms with E-state index in [0.717, 1.165) is 0 Å². The van der Waals surface area contributed by atoms with Crippen LogP contribution in [0.25, 0.3) is 21.5 Å². The van der Waals surface area contributed by atoms with E-state index in [2.05, 4.69) is 155 Å². The first-order chi connectivity index (χ1) is 16.6. The van der Waals surface area contributed by atoms with E-state index in [1.807, 2.05) is 0 Å². The number of rotatable bonds is 4.